The predicted octanol–water partition coefficient (Wildman–Crippen LogP) is 3.59. The summed E-state index contributed by atoms with van der Waals surface area (Å²) in [5.41, 5.74) is -2.08. The Morgan fingerprint density at radius 2 is 1.86 bits per heavy atom. The molecule has 2 N–H and O–H groups in total. The molecule has 3 fully saturated rings. The molecule has 3 aliphatic heterocycles. The van der Waals surface area contributed by atoms with Gasteiger partial charge in [-0.25, -0.2) is 4.79 Å². The number of tetrazole rings is 1. The van der Waals surface area contributed by atoms with Crippen molar-refractivity contribution in [3.8, 4) is 22.5 Å². The van der Waals surface area contributed by atoms with E-state index in [4.69, 9.17) is 28.5 Å². The van der Waals surface area contributed by atoms with Crippen molar-refractivity contribution in [1.29, 1.82) is 0 Å². The van der Waals surface area contributed by atoms with Crippen LogP contribution in [0.25, 0.3) is 10.7 Å². The van der Waals surface area contributed by atoms with Gasteiger partial charge in [0.2, 0.25) is 5.82 Å². The highest BCUT2D eigenvalue weighted by atomic mass is 32.1. The van der Waals surface area contributed by atoms with Gasteiger partial charge in [-0.05, 0) is 78.4 Å². The van der Waals surface area contributed by atoms with Crippen molar-refractivity contribution in [3.05, 3.63) is 17.0 Å². The van der Waals surface area contributed by atoms with Gasteiger partial charge in [-0.15, -0.1) is 21.5 Å². The van der Waals surface area contributed by atoms with Gasteiger partial charge in [0.05, 0.1) is 46.4 Å². The number of aromatic nitrogens is 4. The molecule has 3 aliphatic rings. The number of thiophene rings is 1. The number of nitrogens with zero attached hydrogens (tertiary/aromatic N) is 6. The largest absolute Gasteiger partial charge is 0.458 e. The van der Waals surface area contributed by atoms with Crippen LogP contribution >= 0.6 is 11.3 Å². The second-order valence-electron chi connectivity index (χ2n) is 16.3. The number of Topliss-reactive ketones (excluding diaryl/α,β-unsaturated/α-hetero) is 1. The molecule has 0 spiro atoms. The number of ether oxygens (including phenoxy) is 5. The normalized spacial score (nSPS) is 37.0. The number of oxime groups is 1. The molecule has 320 valence electrons. The topological polar surface area (TPSA) is 198 Å². The number of ketones is 1. The number of fused-ring (bicyclic) bond motifs is 1. The van der Waals surface area contributed by atoms with Crippen molar-refractivity contribution in [2.75, 3.05) is 27.8 Å². The fourth-order valence-electron chi connectivity index (χ4n) is 8.65. The average molecular weight is 830 g/mol. The minimum absolute atomic E-state index is 0.0852. The summed E-state index contributed by atoms with van der Waals surface area (Å²) in [7, 11) is 6.89. The maximum absolute atomic E-state index is 14.5. The Hall–Kier alpha value is -3.99. The van der Waals surface area contributed by atoms with Gasteiger partial charge in [0.25, 0.3) is 0 Å². The number of likely N-dealkylation sites (N-methyl/N-ethyl adjacent to an activating group) is 1. The number of aliphatic hydroxyl groups excluding tert-OH is 1. The first kappa shape index (κ1) is 45.1. The molecule has 0 aliphatic carbocycles. The van der Waals surface area contributed by atoms with Crippen LogP contribution < -0.4 is 5.32 Å². The SMILES string of the molecule is CC[C@H]1OC(=O)[C@H](C)C(=O)[C@H](C)[C@@H](OC2O[C@H](C)C[C@H](N(C)C)[C@H]2O)[C@@](C)(OCC#Cc2ccc(-c3nnn(C)n3)s2)C[C@@H](C)/C(=N\OC)[C@H](C)[C@H]2NC(=O)O[C@@]21C. The van der Waals surface area contributed by atoms with Crippen molar-refractivity contribution in [1.82, 2.24) is 30.4 Å². The van der Waals surface area contributed by atoms with Crippen LogP contribution in [0, 0.1) is 35.5 Å². The molecule has 5 rings (SSSR count). The number of hydrogen-bond donors (Lipinski definition) is 2. The molecule has 5 heterocycles. The Kier molecular flexibility index (Phi) is 14.4. The molecule has 18 heteroatoms. The minimum atomic E-state index is -1.34. The summed E-state index contributed by atoms with van der Waals surface area (Å²) in [6, 6.07) is 2.73. The summed E-state index contributed by atoms with van der Waals surface area (Å²) in [4.78, 5) is 51.7. The monoisotopic (exact) mass is 829 g/mol. The van der Waals surface area contributed by atoms with Crippen molar-refractivity contribution in [2.45, 2.75) is 129 Å². The van der Waals surface area contributed by atoms with Crippen LogP contribution in [0.2, 0.25) is 0 Å². The van der Waals surface area contributed by atoms with E-state index >= 15 is 0 Å². The third kappa shape index (κ3) is 9.55. The fourth-order valence-corrected chi connectivity index (χ4v) is 9.45. The van der Waals surface area contributed by atoms with Gasteiger partial charge in [0.1, 0.15) is 31.8 Å². The van der Waals surface area contributed by atoms with Crippen LogP contribution in [0.5, 0.6) is 0 Å². The number of esters is 1. The molecule has 0 aromatic carbocycles. The van der Waals surface area contributed by atoms with Gasteiger partial charge < -0.3 is 43.8 Å². The summed E-state index contributed by atoms with van der Waals surface area (Å²) in [5.74, 6) is 2.38. The van der Waals surface area contributed by atoms with Gasteiger partial charge in [-0.3, -0.25) is 9.59 Å². The number of carbonyl (C=O) groups excluding carboxylic acids is 3. The van der Waals surface area contributed by atoms with Gasteiger partial charge in [-0.2, -0.15) is 4.80 Å². The quantitative estimate of drug-likeness (QED) is 0.169. The van der Waals surface area contributed by atoms with Crippen molar-refractivity contribution >= 4 is 34.9 Å². The van der Waals surface area contributed by atoms with E-state index in [1.807, 2.05) is 65.7 Å². The van der Waals surface area contributed by atoms with Crippen LogP contribution in [0.15, 0.2) is 17.3 Å². The van der Waals surface area contributed by atoms with Gasteiger partial charge in [-0.1, -0.05) is 44.7 Å². The highest BCUT2D eigenvalue weighted by Gasteiger charge is 2.57. The number of carbonyl (C=O) groups is 3. The second kappa shape index (κ2) is 18.5. The molecule has 58 heavy (non-hydrogen) atoms. The van der Waals surface area contributed by atoms with Gasteiger partial charge in [0, 0.05) is 23.8 Å². The smallest absolute Gasteiger partial charge is 0.408 e. The molecular weight excluding hydrogens is 771 g/mol. The molecule has 2 aromatic rings. The Morgan fingerprint density at radius 3 is 2.50 bits per heavy atom. The summed E-state index contributed by atoms with van der Waals surface area (Å²) in [6.45, 7) is 14.2. The van der Waals surface area contributed by atoms with E-state index in [-0.39, 0.29) is 25.2 Å². The number of alkyl carbamates (subject to hydrolysis) is 1. The summed E-state index contributed by atoms with van der Waals surface area (Å²) in [6.07, 6.45) is -4.11. The molecule has 13 atom stereocenters. The lowest BCUT2D eigenvalue weighted by Crippen LogP contribution is -2.60. The molecular formula is C40H59N7O10S. The van der Waals surface area contributed by atoms with Crippen LogP contribution in [0.1, 0.15) is 79.5 Å². The maximum Gasteiger partial charge on any atom is 0.408 e. The van der Waals surface area contributed by atoms with E-state index in [0.717, 1.165) is 9.75 Å². The van der Waals surface area contributed by atoms with Crippen molar-refractivity contribution in [3.63, 3.8) is 0 Å². The van der Waals surface area contributed by atoms with Crippen LogP contribution in [0.4, 0.5) is 4.79 Å². The summed E-state index contributed by atoms with van der Waals surface area (Å²) in [5, 5.41) is 31.3. The number of nitrogens with one attached hydrogen (secondary N) is 1. The second-order valence-corrected chi connectivity index (χ2v) is 17.4. The molecule has 0 radical (unpaired) electrons. The standard InChI is InChI=1S/C40H59N7O10S/c1-13-29-40(8)33(41-38(51)57-40)23(4)30(44-52-12)21(2)20-39(7,53-18-14-15-26-16-17-28(58-26)35-42-45-47(11)43-35)34(24(5)31(48)25(6)36(50)55-29)56-37-32(49)27(46(9)10)19-22(3)54-37/h16-17,21-25,27,29,32-34,37,49H,13,18-20H2,1-12H3,(H,41,51)/b44-30+/t21-,22-,23+,24+,25-,27+,29-,32-,33-,34-,37?,39+,40-/m1/s1. The number of rotatable bonds is 8. The number of aryl methyl sites for hydroxylation is 1. The Labute approximate surface area is 344 Å². The van der Waals surface area contributed by atoms with Crippen LogP contribution in [-0.4, -0.2) is 136 Å². The molecule has 2 aromatic heterocycles. The zero-order valence-corrected chi connectivity index (χ0v) is 36.4. The lowest BCUT2D eigenvalue weighted by molar-refractivity contribution is -0.296. The fraction of sp³-hybridized carbons (Fsp3) is 0.725. The van der Waals surface area contributed by atoms with Gasteiger partial charge >= 0.3 is 12.1 Å². The highest BCUT2D eigenvalue weighted by Crippen LogP contribution is 2.41. The summed E-state index contributed by atoms with van der Waals surface area (Å²) >= 11 is 1.41. The first-order chi connectivity index (χ1) is 27.3. The number of amides is 1. The number of cyclic esters (lactones) is 1. The first-order valence-corrected chi connectivity index (χ1v) is 20.6. The summed E-state index contributed by atoms with van der Waals surface area (Å²) < 4.78 is 31.7. The predicted molar refractivity (Wildman–Crippen MR) is 213 cm³/mol. The minimum Gasteiger partial charge on any atom is -0.458 e. The molecule has 1 amide bonds. The van der Waals surface area contributed by atoms with E-state index in [1.165, 1.54) is 30.2 Å². The molecule has 17 nitrogen and oxygen atoms in total. The lowest BCUT2D eigenvalue weighted by Gasteiger charge is -2.47. The Bertz CT molecular complexity index is 1880. The van der Waals surface area contributed by atoms with Crippen LogP contribution in [0.3, 0.4) is 0 Å². The lowest BCUT2D eigenvalue weighted by atomic mass is 9.73. The van der Waals surface area contributed by atoms with Crippen molar-refractivity contribution < 1.29 is 48.0 Å². The van der Waals surface area contributed by atoms with Crippen molar-refractivity contribution in [2.24, 2.45) is 35.9 Å². The number of aliphatic hydroxyl groups is 1. The first-order valence-electron chi connectivity index (χ1n) is 19.8. The molecule has 1 unspecified atom stereocenters. The number of hydrogen-bond acceptors (Lipinski definition) is 16. The van der Waals surface area contributed by atoms with E-state index in [2.05, 4.69) is 37.7 Å². The third-order valence-electron chi connectivity index (χ3n) is 11.7. The molecule has 0 bridgehead atoms. The van der Waals surface area contributed by atoms with E-state index in [9.17, 15) is 19.5 Å². The van der Waals surface area contributed by atoms with E-state index in [0.29, 0.717) is 24.4 Å². The van der Waals surface area contributed by atoms with Crippen LogP contribution in [-0.2, 0) is 45.2 Å². The average Bonchev–Trinajstić information content (AvgIpc) is 3.91. The van der Waals surface area contributed by atoms with E-state index < -0.39 is 83.4 Å². The molecule has 0 saturated carbocycles. The van der Waals surface area contributed by atoms with E-state index in [1.54, 1.807) is 20.9 Å². The Morgan fingerprint density at radius 1 is 1.14 bits per heavy atom. The van der Waals surface area contributed by atoms with Gasteiger partial charge in [0.15, 0.2) is 17.7 Å². The Balaban J connectivity index is 1.59. The zero-order valence-electron chi connectivity index (χ0n) is 35.5. The highest BCUT2D eigenvalue weighted by molar-refractivity contribution is 7.15. The molecule has 3 saturated heterocycles. The zero-order chi connectivity index (χ0) is 42.7. The third-order valence-corrected chi connectivity index (χ3v) is 12.7. The maximum atomic E-state index is 14.5.